The Morgan fingerprint density at radius 2 is 1.76 bits per heavy atom. The van der Waals surface area contributed by atoms with Crippen LogP contribution in [0.25, 0.3) is 0 Å². The zero-order chi connectivity index (χ0) is 12.3. The van der Waals surface area contributed by atoms with Crippen LogP contribution in [0.5, 0.6) is 0 Å². The summed E-state index contributed by atoms with van der Waals surface area (Å²) < 4.78 is 0. The normalized spacial score (nSPS) is 19.8. The van der Waals surface area contributed by atoms with Crippen molar-refractivity contribution in [3.63, 3.8) is 0 Å². The van der Waals surface area contributed by atoms with E-state index in [0.29, 0.717) is 5.41 Å². The molecule has 0 aromatic heterocycles. The first-order chi connectivity index (χ1) is 8.09. The first kappa shape index (κ1) is 12.1. The largest absolute Gasteiger partial charge is 0.299 e. The number of piperidine rings is 1. The molecular weight excluding hydrogens is 208 g/mol. The van der Waals surface area contributed by atoms with Crippen molar-refractivity contribution in [2.45, 2.75) is 33.2 Å². The molecule has 2 rings (SSSR count). The molecule has 0 N–H and O–H groups in total. The lowest BCUT2D eigenvalue weighted by Gasteiger charge is -2.36. The summed E-state index contributed by atoms with van der Waals surface area (Å²) >= 11 is 0. The van der Waals surface area contributed by atoms with E-state index in [4.69, 9.17) is 5.26 Å². The average Bonchev–Trinajstić information content (AvgIpc) is 2.33. The summed E-state index contributed by atoms with van der Waals surface area (Å²) in [5.74, 6) is 0. The number of hydrogen-bond donors (Lipinski definition) is 0. The Kier molecular flexibility index (Phi) is 3.49. The summed E-state index contributed by atoms with van der Waals surface area (Å²) in [6, 6.07) is 10.1. The fraction of sp³-hybridized carbons (Fsp3) is 0.533. The topological polar surface area (TPSA) is 27.0 Å². The maximum Gasteiger partial charge on any atom is 0.0991 e. The maximum absolute atomic E-state index is 8.75. The summed E-state index contributed by atoms with van der Waals surface area (Å²) in [5, 5.41) is 8.75. The lowest BCUT2D eigenvalue weighted by atomic mass is 9.82. The number of likely N-dealkylation sites (tertiary alicyclic amines) is 1. The molecule has 1 aliphatic heterocycles. The van der Waals surface area contributed by atoms with Gasteiger partial charge in [-0.3, -0.25) is 4.90 Å². The second-order valence-corrected chi connectivity index (χ2v) is 5.75. The third-order valence-electron chi connectivity index (χ3n) is 3.70. The summed E-state index contributed by atoms with van der Waals surface area (Å²) in [6.45, 7) is 8.10. The number of nitriles is 1. The Bertz CT molecular complexity index is 402. The average molecular weight is 228 g/mol. The third-order valence-corrected chi connectivity index (χ3v) is 3.70. The molecule has 1 aromatic rings. The van der Waals surface area contributed by atoms with Crippen LogP contribution in [0.3, 0.4) is 0 Å². The second kappa shape index (κ2) is 4.89. The summed E-state index contributed by atoms with van der Waals surface area (Å²) in [7, 11) is 0. The molecule has 1 aliphatic rings. The lowest BCUT2D eigenvalue weighted by Crippen LogP contribution is -2.36. The number of nitrogens with zero attached hydrogens (tertiary/aromatic N) is 2. The first-order valence-electron chi connectivity index (χ1n) is 6.30. The predicted molar refractivity (Wildman–Crippen MR) is 69.4 cm³/mol. The molecule has 0 aliphatic carbocycles. The smallest absolute Gasteiger partial charge is 0.0991 e. The van der Waals surface area contributed by atoms with E-state index in [1.807, 2.05) is 12.1 Å². The molecule has 0 atom stereocenters. The summed E-state index contributed by atoms with van der Waals surface area (Å²) in [5.41, 5.74) is 2.57. The van der Waals surface area contributed by atoms with Crippen molar-refractivity contribution in [3.8, 4) is 6.07 Å². The van der Waals surface area contributed by atoms with Crippen molar-refractivity contribution in [1.29, 1.82) is 5.26 Å². The van der Waals surface area contributed by atoms with E-state index in [-0.39, 0.29) is 0 Å². The Morgan fingerprint density at radius 1 is 1.18 bits per heavy atom. The molecule has 0 saturated carbocycles. The monoisotopic (exact) mass is 228 g/mol. The van der Waals surface area contributed by atoms with Gasteiger partial charge >= 0.3 is 0 Å². The Hall–Kier alpha value is -1.33. The van der Waals surface area contributed by atoms with E-state index in [0.717, 1.165) is 12.1 Å². The number of rotatable bonds is 2. The molecule has 0 amide bonds. The van der Waals surface area contributed by atoms with Gasteiger partial charge in [0.15, 0.2) is 0 Å². The van der Waals surface area contributed by atoms with Crippen molar-refractivity contribution in [2.24, 2.45) is 5.41 Å². The molecule has 1 fully saturated rings. The molecule has 0 spiro atoms. The van der Waals surface area contributed by atoms with Gasteiger partial charge in [-0.1, -0.05) is 26.0 Å². The van der Waals surface area contributed by atoms with Crippen LogP contribution in [-0.2, 0) is 6.54 Å². The van der Waals surface area contributed by atoms with Crippen LogP contribution in [-0.4, -0.2) is 18.0 Å². The molecule has 1 aromatic carbocycles. The van der Waals surface area contributed by atoms with E-state index < -0.39 is 0 Å². The van der Waals surface area contributed by atoms with Crippen LogP contribution in [0, 0.1) is 16.7 Å². The van der Waals surface area contributed by atoms with E-state index in [2.05, 4.69) is 36.9 Å². The van der Waals surface area contributed by atoms with Gasteiger partial charge in [0.25, 0.3) is 0 Å². The minimum Gasteiger partial charge on any atom is -0.299 e. The van der Waals surface area contributed by atoms with Crippen molar-refractivity contribution in [2.75, 3.05) is 13.1 Å². The molecule has 0 radical (unpaired) electrons. The highest BCUT2D eigenvalue weighted by molar-refractivity contribution is 5.31. The minimum absolute atomic E-state index is 0.515. The molecule has 2 heteroatoms. The number of benzene rings is 1. The first-order valence-corrected chi connectivity index (χ1v) is 6.30. The van der Waals surface area contributed by atoms with Gasteiger partial charge in [0.1, 0.15) is 0 Å². The van der Waals surface area contributed by atoms with Crippen molar-refractivity contribution < 1.29 is 0 Å². The van der Waals surface area contributed by atoms with Crippen LogP contribution in [0.2, 0.25) is 0 Å². The second-order valence-electron chi connectivity index (χ2n) is 5.75. The van der Waals surface area contributed by atoms with Crippen LogP contribution in [0.4, 0.5) is 0 Å². The van der Waals surface area contributed by atoms with Gasteiger partial charge in [-0.15, -0.1) is 0 Å². The van der Waals surface area contributed by atoms with Gasteiger partial charge < -0.3 is 0 Å². The van der Waals surface area contributed by atoms with Crippen molar-refractivity contribution in [3.05, 3.63) is 35.4 Å². The van der Waals surface area contributed by atoms with E-state index in [1.54, 1.807) is 0 Å². The predicted octanol–water partition coefficient (Wildman–Crippen LogP) is 3.18. The molecular formula is C15H20N2. The molecule has 90 valence electrons. The van der Waals surface area contributed by atoms with E-state index >= 15 is 0 Å². The Labute approximate surface area is 104 Å². The fourth-order valence-corrected chi connectivity index (χ4v) is 2.26. The standard InChI is InChI=1S/C15H20N2/c1-15(2)7-9-17(10-8-15)12-14-5-3-13(11-16)4-6-14/h3-6H,7-10,12H2,1-2H3. The van der Waals surface area contributed by atoms with Crippen LogP contribution in [0.1, 0.15) is 37.8 Å². The van der Waals surface area contributed by atoms with Crippen molar-refractivity contribution in [1.82, 2.24) is 4.90 Å². The summed E-state index contributed by atoms with van der Waals surface area (Å²) in [4.78, 5) is 2.51. The maximum atomic E-state index is 8.75. The molecule has 2 nitrogen and oxygen atoms in total. The van der Waals surface area contributed by atoms with Crippen LogP contribution < -0.4 is 0 Å². The molecule has 1 saturated heterocycles. The Morgan fingerprint density at radius 3 is 2.29 bits per heavy atom. The highest BCUT2D eigenvalue weighted by Crippen LogP contribution is 2.30. The van der Waals surface area contributed by atoms with Gasteiger partial charge in [-0.05, 0) is 49.0 Å². The zero-order valence-corrected chi connectivity index (χ0v) is 10.7. The van der Waals surface area contributed by atoms with Crippen LogP contribution >= 0.6 is 0 Å². The molecule has 0 bridgehead atoms. The van der Waals surface area contributed by atoms with E-state index in [9.17, 15) is 0 Å². The lowest BCUT2D eigenvalue weighted by molar-refractivity contribution is 0.127. The quantitative estimate of drug-likeness (QED) is 0.777. The molecule has 0 unspecified atom stereocenters. The third kappa shape index (κ3) is 3.31. The van der Waals surface area contributed by atoms with Gasteiger partial charge in [0.05, 0.1) is 11.6 Å². The summed E-state index contributed by atoms with van der Waals surface area (Å²) in [6.07, 6.45) is 2.56. The zero-order valence-electron chi connectivity index (χ0n) is 10.7. The van der Waals surface area contributed by atoms with Crippen molar-refractivity contribution >= 4 is 0 Å². The highest BCUT2D eigenvalue weighted by atomic mass is 15.1. The minimum atomic E-state index is 0.515. The van der Waals surface area contributed by atoms with Gasteiger partial charge in [0.2, 0.25) is 0 Å². The number of hydrogen-bond acceptors (Lipinski definition) is 2. The molecule has 1 heterocycles. The van der Waals surface area contributed by atoms with Crippen LogP contribution in [0.15, 0.2) is 24.3 Å². The Balaban J connectivity index is 1.91. The van der Waals surface area contributed by atoms with Gasteiger partial charge in [-0.25, -0.2) is 0 Å². The molecule has 17 heavy (non-hydrogen) atoms. The van der Waals surface area contributed by atoms with Gasteiger partial charge in [0, 0.05) is 6.54 Å². The highest BCUT2D eigenvalue weighted by Gasteiger charge is 2.24. The SMILES string of the molecule is CC1(C)CCN(Cc2ccc(C#N)cc2)CC1. The van der Waals surface area contributed by atoms with E-state index in [1.165, 1.54) is 31.5 Å². The fourth-order valence-electron chi connectivity index (χ4n) is 2.26. The van der Waals surface area contributed by atoms with Gasteiger partial charge in [-0.2, -0.15) is 5.26 Å².